The SMILES string of the molecule is CC(C)c1ccc(C2NCCC2C)cc1. The van der Waals surface area contributed by atoms with E-state index >= 15 is 0 Å². The van der Waals surface area contributed by atoms with Gasteiger partial charge in [-0.1, -0.05) is 45.0 Å². The van der Waals surface area contributed by atoms with Crippen LogP contribution in [0.2, 0.25) is 0 Å². The summed E-state index contributed by atoms with van der Waals surface area (Å²) in [5, 5.41) is 3.57. The fourth-order valence-corrected chi connectivity index (χ4v) is 2.37. The molecule has 2 atom stereocenters. The molecule has 1 aromatic carbocycles. The third kappa shape index (κ3) is 2.23. The van der Waals surface area contributed by atoms with Crippen LogP contribution in [0.3, 0.4) is 0 Å². The Balaban J connectivity index is 2.16. The van der Waals surface area contributed by atoms with Crippen molar-refractivity contribution in [2.45, 2.75) is 39.2 Å². The van der Waals surface area contributed by atoms with Crippen LogP contribution in [0.5, 0.6) is 0 Å². The number of hydrogen-bond acceptors (Lipinski definition) is 1. The molecule has 1 saturated heterocycles. The van der Waals surface area contributed by atoms with Gasteiger partial charge in [0.2, 0.25) is 0 Å². The molecule has 1 heterocycles. The lowest BCUT2D eigenvalue weighted by Crippen LogP contribution is -2.16. The maximum atomic E-state index is 3.57. The van der Waals surface area contributed by atoms with E-state index in [2.05, 4.69) is 50.4 Å². The fraction of sp³-hybridized carbons (Fsp3) is 0.571. The molecule has 15 heavy (non-hydrogen) atoms. The first-order valence-electron chi connectivity index (χ1n) is 6.01. The molecule has 1 N–H and O–H groups in total. The van der Waals surface area contributed by atoms with Gasteiger partial charge in [0.05, 0.1) is 0 Å². The summed E-state index contributed by atoms with van der Waals surface area (Å²) in [7, 11) is 0. The van der Waals surface area contributed by atoms with Crippen LogP contribution in [0.15, 0.2) is 24.3 Å². The second-order valence-electron chi connectivity index (χ2n) is 5.02. The van der Waals surface area contributed by atoms with Crippen molar-refractivity contribution in [3.63, 3.8) is 0 Å². The summed E-state index contributed by atoms with van der Waals surface area (Å²) in [6.07, 6.45) is 1.30. The molecule has 2 rings (SSSR count). The molecule has 1 fully saturated rings. The summed E-state index contributed by atoms with van der Waals surface area (Å²) < 4.78 is 0. The lowest BCUT2D eigenvalue weighted by atomic mass is 9.94. The normalized spacial score (nSPS) is 26.1. The van der Waals surface area contributed by atoms with Gasteiger partial charge in [0.15, 0.2) is 0 Å². The van der Waals surface area contributed by atoms with E-state index in [9.17, 15) is 0 Å². The molecule has 1 heteroatoms. The maximum Gasteiger partial charge on any atom is 0.0346 e. The smallest absolute Gasteiger partial charge is 0.0346 e. The highest BCUT2D eigenvalue weighted by molar-refractivity contribution is 5.27. The predicted molar refractivity (Wildman–Crippen MR) is 65.1 cm³/mol. The Bertz CT molecular complexity index is 313. The predicted octanol–water partition coefficient (Wildman–Crippen LogP) is 3.48. The van der Waals surface area contributed by atoms with Crippen LogP contribution in [0.25, 0.3) is 0 Å². The highest BCUT2D eigenvalue weighted by Crippen LogP contribution is 2.29. The van der Waals surface area contributed by atoms with Gasteiger partial charge in [0.25, 0.3) is 0 Å². The second kappa shape index (κ2) is 4.36. The van der Waals surface area contributed by atoms with Gasteiger partial charge in [-0.25, -0.2) is 0 Å². The molecule has 0 aliphatic carbocycles. The Morgan fingerprint density at radius 3 is 2.33 bits per heavy atom. The minimum atomic E-state index is 0.575. The van der Waals surface area contributed by atoms with E-state index in [4.69, 9.17) is 0 Å². The average Bonchev–Trinajstić information content (AvgIpc) is 2.65. The van der Waals surface area contributed by atoms with Crippen molar-refractivity contribution >= 4 is 0 Å². The van der Waals surface area contributed by atoms with E-state index in [0.717, 1.165) is 12.5 Å². The van der Waals surface area contributed by atoms with Gasteiger partial charge >= 0.3 is 0 Å². The molecule has 82 valence electrons. The van der Waals surface area contributed by atoms with Gasteiger partial charge in [-0.2, -0.15) is 0 Å². The van der Waals surface area contributed by atoms with Crippen molar-refractivity contribution < 1.29 is 0 Å². The van der Waals surface area contributed by atoms with Gasteiger partial charge in [0.1, 0.15) is 0 Å². The van der Waals surface area contributed by atoms with Crippen molar-refractivity contribution in [3.8, 4) is 0 Å². The van der Waals surface area contributed by atoms with Crippen molar-refractivity contribution in [1.82, 2.24) is 5.32 Å². The van der Waals surface area contributed by atoms with Crippen LogP contribution in [-0.4, -0.2) is 6.54 Å². The highest BCUT2D eigenvalue weighted by Gasteiger charge is 2.23. The summed E-state index contributed by atoms with van der Waals surface area (Å²) in [4.78, 5) is 0. The monoisotopic (exact) mass is 203 g/mol. The van der Waals surface area contributed by atoms with Gasteiger partial charge in [-0.05, 0) is 35.9 Å². The molecule has 0 radical (unpaired) electrons. The molecule has 0 saturated carbocycles. The van der Waals surface area contributed by atoms with E-state index in [1.54, 1.807) is 0 Å². The molecule has 1 aliphatic heterocycles. The molecule has 1 aliphatic rings. The number of benzene rings is 1. The van der Waals surface area contributed by atoms with Crippen LogP contribution in [-0.2, 0) is 0 Å². The first-order valence-corrected chi connectivity index (χ1v) is 6.01. The Hall–Kier alpha value is -0.820. The molecular weight excluding hydrogens is 182 g/mol. The first kappa shape index (κ1) is 10.7. The number of nitrogens with one attached hydrogen (secondary N) is 1. The zero-order chi connectivity index (χ0) is 10.8. The van der Waals surface area contributed by atoms with Crippen LogP contribution in [0, 0.1) is 5.92 Å². The molecule has 0 bridgehead atoms. The molecule has 0 aromatic heterocycles. The molecule has 1 aromatic rings. The lowest BCUT2D eigenvalue weighted by molar-refractivity contribution is 0.503. The maximum absolute atomic E-state index is 3.57. The molecular formula is C14H21N. The average molecular weight is 203 g/mol. The molecule has 0 spiro atoms. The minimum Gasteiger partial charge on any atom is -0.310 e. The summed E-state index contributed by atoms with van der Waals surface area (Å²) in [6, 6.07) is 9.69. The Morgan fingerprint density at radius 1 is 1.20 bits per heavy atom. The number of rotatable bonds is 2. The Kier molecular flexibility index (Phi) is 3.11. The second-order valence-corrected chi connectivity index (χ2v) is 5.02. The van der Waals surface area contributed by atoms with Crippen molar-refractivity contribution in [2.75, 3.05) is 6.54 Å². The van der Waals surface area contributed by atoms with Crippen LogP contribution < -0.4 is 5.32 Å². The van der Waals surface area contributed by atoms with Gasteiger partial charge in [-0.15, -0.1) is 0 Å². The standard InChI is InChI=1S/C14H21N/c1-10(2)12-4-6-13(7-5-12)14-11(3)8-9-15-14/h4-7,10-11,14-15H,8-9H2,1-3H3. The van der Waals surface area contributed by atoms with Crippen molar-refractivity contribution in [2.24, 2.45) is 5.92 Å². The van der Waals surface area contributed by atoms with Crippen LogP contribution in [0.1, 0.15) is 50.3 Å². The molecule has 2 unspecified atom stereocenters. The third-order valence-electron chi connectivity index (χ3n) is 3.50. The van der Waals surface area contributed by atoms with E-state index in [1.165, 1.54) is 17.5 Å². The van der Waals surface area contributed by atoms with Gasteiger partial charge < -0.3 is 5.32 Å². The van der Waals surface area contributed by atoms with Crippen LogP contribution in [0.4, 0.5) is 0 Å². The summed E-state index contributed by atoms with van der Waals surface area (Å²) >= 11 is 0. The van der Waals surface area contributed by atoms with E-state index in [1.807, 2.05) is 0 Å². The van der Waals surface area contributed by atoms with Gasteiger partial charge in [-0.3, -0.25) is 0 Å². The van der Waals surface area contributed by atoms with Crippen molar-refractivity contribution in [3.05, 3.63) is 35.4 Å². The summed E-state index contributed by atoms with van der Waals surface area (Å²) in [5.74, 6) is 1.41. The van der Waals surface area contributed by atoms with E-state index in [0.29, 0.717) is 12.0 Å². The fourth-order valence-electron chi connectivity index (χ4n) is 2.37. The number of hydrogen-bond donors (Lipinski definition) is 1. The van der Waals surface area contributed by atoms with E-state index in [-0.39, 0.29) is 0 Å². The highest BCUT2D eigenvalue weighted by atomic mass is 14.9. The quantitative estimate of drug-likeness (QED) is 0.776. The molecule has 1 nitrogen and oxygen atoms in total. The third-order valence-corrected chi connectivity index (χ3v) is 3.50. The zero-order valence-corrected chi connectivity index (χ0v) is 9.96. The largest absolute Gasteiger partial charge is 0.310 e. The minimum absolute atomic E-state index is 0.575. The lowest BCUT2D eigenvalue weighted by Gasteiger charge is -2.17. The van der Waals surface area contributed by atoms with Crippen molar-refractivity contribution in [1.29, 1.82) is 0 Å². The Labute approximate surface area is 92.9 Å². The van der Waals surface area contributed by atoms with Crippen LogP contribution >= 0.6 is 0 Å². The topological polar surface area (TPSA) is 12.0 Å². The zero-order valence-electron chi connectivity index (χ0n) is 9.96. The van der Waals surface area contributed by atoms with Gasteiger partial charge in [0, 0.05) is 6.04 Å². The van der Waals surface area contributed by atoms with E-state index < -0.39 is 0 Å². The first-order chi connectivity index (χ1) is 7.18. The summed E-state index contributed by atoms with van der Waals surface area (Å²) in [6.45, 7) is 7.98. The Morgan fingerprint density at radius 2 is 1.87 bits per heavy atom. The molecule has 0 amide bonds. The summed E-state index contributed by atoms with van der Waals surface area (Å²) in [5.41, 5.74) is 2.88.